The molecule has 0 atom stereocenters. The van der Waals surface area contributed by atoms with Crippen LogP contribution in [0.1, 0.15) is 16.7 Å². The molecule has 0 aliphatic rings. The fourth-order valence-electron chi connectivity index (χ4n) is 2.48. The summed E-state index contributed by atoms with van der Waals surface area (Å²) in [5, 5.41) is 11.1. The number of halogens is 3. The van der Waals surface area contributed by atoms with Crippen molar-refractivity contribution in [1.29, 1.82) is 0 Å². The second-order valence-electron chi connectivity index (χ2n) is 6.48. The van der Waals surface area contributed by atoms with Crippen LogP contribution in [0, 0.1) is 6.92 Å². The van der Waals surface area contributed by atoms with Gasteiger partial charge in [-0.05, 0) is 36.2 Å². The van der Waals surface area contributed by atoms with E-state index in [1.807, 2.05) is 0 Å². The number of aryl methyl sites for hydroxylation is 1. The predicted molar refractivity (Wildman–Crippen MR) is 108 cm³/mol. The first-order valence-electron chi connectivity index (χ1n) is 8.83. The van der Waals surface area contributed by atoms with E-state index >= 15 is 0 Å². The van der Waals surface area contributed by atoms with Crippen molar-refractivity contribution in [3.8, 4) is 5.75 Å². The van der Waals surface area contributed by atoms with Gasteiger partial charge in [-0.15, -0.1) is 0 Å². The van der Waals surface area contributed by atoms with Gasteiger partial charge < -0.3 is 15.4 Å². The summed E-state index contributed by atoms with van der Waals surface area (Å²) in [6.07, 6.45) is -4.43. The third kappa shape index (κ3) is 7.56. The van der Waals surface area contributed by atoms with Gasteiger partial charge in [0.25, 0.3) is 0 Å². The first-order chi connectivity index (χ1) is 14.0. The summed E-state index contributed by atoms with van der Waals surface area (Å²) in [6, 6.07) is 11.0. The second-order valence-corrected chi connectivity index (χ2v) is 8.04. The number of nitrogens with zero attached hydrogens (tertiary/aromatic N) is 1. The van der Waals surface area contributed by atoms with Gasteiger partial charge in [-0.2, -0.15) is 13.2 Å². The number of guanidine groups is 1. The van der Waals surface area contributed by atoms with Gasteiger partial charge in [0.15, 0.2) is 12.6 Å². The van der Waals surface area contributed by atoms with Crippen molar-refractivity contribution in [1.82, 2.24) is 10.6 Å². The molecule has 7 nitrogen and oxygen atoms in total. The summed E-state index contributed by atoms with van der Waals surface area (Å²) in [5.41, 5.74) is 2.11. The number of nitrogens with one attached hydrogen (secondary N) is 2. The number of benzene rings is 2. The number of rotatable bonds is 7. The third-order valence-corrected chi connectivity index (χ3v) is 4.92. The number of ether oxygens (including phenoxy) is 1. The van der Waals surface area contributed by atoms with Crippen LogP contribution in [0.15, 0.2) is 52.4 Å². The van der Waals surface area contributed by atoms with E-state index in [2.05, 4.69) is 15.6 Å². The zero-order chi connectivity index (χ0) is 22.4. The molecule has 0 heterocycles. The van der Waals surface area contributed by atoms with E-state index in [9.17, 15) is 21.6 Å². The lowest BCUT2D eigenvalue weighted by molar-refractivity contribution is -0.153. The second kappa shape index (κ2) is 9.81. The topological polar surface area (TPSA) is 106 Å². The minimum absolute atomic E-state index is 0.0134. The molecule has 0 radical (unpaired) electrons. The number of hydrogen-bond acceptors (Lipinski definition) is 4. The number of nitrogens with two attached hydrogens (primary N) is 1. The van der Waals surface area contributed by atoms with Crippen LogP contribution in [0.2, 0.25) is 0 Å². The fourth-order valence-corrected chi connectivity index (χ4v) is 3.00. The number of primary sulfonamides is 1. The Morgan fingerprint density at radius 1 is 1.10 bits per heavy atom. The standard InChI is InChI=1S/C19H23F3N4O3S/c1-13-3-6-15(17(9-13)29-12-19(20,21)22)11-26-18(24-2)25-10-14-4-7-16(8-5-14)30(23,27)28/h3-9H,10-12H2,1-2H3,(H2,23,27,28)(H2,24,25,26). The van der Waals surface area contributed by atoms with Crippen LogP contribution in [0.3, 0.4) is 0 Å². The first-order valence-corrected chi connectivity index (χ1v) is 10.4. The Balaban J connectivity index is 1.97. The van der Waals surface area contributed by atoms with Crippen molar-refractivity contribution in [3.63, 3.8) is 0 Å². The minimum atomic E-state index is -4.43. The van der Waals surface area contributed by atoms with Crippen LogP contribution < -0.4 is 20.5 Å². The predicted octanol–water partition coefficient (Wildman–Crippen LogP) is 2.45. The lowest BCUT2D eigenvalue weighted by Crippen LogP contribution is -2.36. The molecule has 0 bridgehead atoms. The highest BCUT2D eigenvalue weighted by Crippen LogP contribution is 2.23. The highest BCUT2D eigenvalue weighted by atomic mass is 32.2. The Labute approximate surface area is 173 Å². The van der Waals surface area contributed by atoms with Gasteiger partial charge in [0.1, 0.15) is 5.75 Å². The fraction of sp³-hybridized carbons (Fsp3) is 0.316. The Bertz CT molecular complexity index is 991. The van der Waals surface area contributed by atoms with Crippen molar-refractivity contribution < 1.29 is 26.3 Å². The number of hydrogen-bond donors (Lipinski definition) is 3. The zero-order valence-corrected chi connectivity index (χ0v) is 17.3. The molecule has 11 heteroatoms. The van der Waals surface area contributed by atoms with Gasteiger partial charge in [0.05, 0.1) is 4.90 Å². The van der Waals surface area contributed by atoms with E-state index in [1.54, 1.807) is 44.3 Å². The van der Waals surface area contributed by atoms with Crippen LogP contribution in [-0.2, 0) is 23.1 Å². The highest BCUT2D eigenvalue weighted by molar-refractivity contribution is 7.89. The largest absolute Gasteiger partial charge is 0.484 e. The monoisotopic (exact) mass is 444 g/mol. The first kappa shape index (κ1) is 23.5. The van der Waals surface area contributed by atoms with Gasteiger partial charge in [-0.3, -0.25) is 4.99 Å². The molecule has 2 rings (SSSR count). The van der Waals surface area contributed by atoms with E-state index in [-0.39, 0.29) is 17.2 Å². The van der Waals surface area contributed by atoms with Gasteiger partial charge in [-0.25, -0.2) is 13.6 Å². The lowest BCUT2D eigenvalue weighted by Gasteiger charge is -2.16. The summed E-state index contributed by atoms with van der Waals surface area (Å²) in [7, 11) is -2.20. The highest BCUT2D eigenvalue weighted by Gasteiger charge is 2.28. The van der Waals surface area contributed by atoms with Crippen molar-refractivity contribution in [2.75, 3.05) is 13.7 Å². The summed E-state index contributed by atoms with van der Waals surface area (Å²) >= 11 is 0. The normalized spacial score (nSPS) is 12.5. The molecular formula is C19H23F3N4O3S. The molecule has 0 saturated carbocycles. The van der Waals surface area contributed by atoms with E-state index in [0.717, 1.165) is 11.1 Å². The molecule has 0 fully saturated rings. The van der Waals surface area contributed by atoms with Crippen molar-refractivity contribution >= 4 is 16.0 Å². The van der Waals surface area contributed by atoms with E-state index in [4.69, 9.17) is 9.88 Å². The van der Waals surface area contributed by atoms with E-state index in [1.165, 1.54) is 12.1 Å². The van der Waals surface area contributed by atoms with Crippen LogP contribution in [0.25, 0.3) is 0 Å². The quantitative estimate of drug-likeness (QED) is 0.449. The lowest BCUT2D eigenvalue weighted by atomic mass is 10.1. The molecule has 0 amide bonds. The Morgan fingerprint density at radius 3 is 2.30 bits per heavy atom. The third-order valence-electron chi connectivity index (χ3n) is 4.00. The summed E-state index contributed by atoms with van der Waals surface area (Å²) in [4.78, 5) is 4.08. The Kier molecular flexibility index (Phi) is 7.68. The van der Waals surface area contributed by atoms with E-state index in [0.29, 0.717) is 18.1 Å². The smallest absolute Gasteiger partial charge is 0.422 e. The number of sulfonamides is 1. The summed E-state index contributed by atoms with van der Waals surface area (Å²) in [6.45, 7) is 0.928. The molecule has 2 aromatic carbocycles. The number of alkyl halides is 3. The maximum absolute atomic E-state index is 12.5. The molecule has 0 aliphatic carbocycles. The number of aliphatic imine (C=N–C) groups is 1. The summed E-state index contributed by atoms with van der Waals surface area (Å²) in [5.74, 6) is 0.557. The van der Waals surface area contributed by atoms with Crippen molar-refractivity contribution in [2.45, 2.75) is 31.1 Å². The molecule has 2 aromatic rings. The van der Waals surface area contributed by atoms with Gasteiger partial charge in [0.2, 0.25) is 10.0 Å². The SMILES string of the molecule is CN=C(NCc1ccc(S(N)(=O)=O)cc1)NCc1ccc(C)cc1OCC(F)(F)F. The Hall–Kier alpha value is -2.79. The molecule has 0 unspecified atom stereocenters. The molecule has 30 heavy (non-hydrogen) atoms. The van der Waals surface area contributed by atoms with Crippen LogP contribution in [0.4, 0.5) is 13.2 Å². The molecule has 0 aliphatic heterocycles. The molecule has 0 spiro atoms. The van der Waals surface area contributed by atoms with Crippen molar-refractivity contribution in [2.24, 2.45) is 10.1 Å². The maximum atomic E-state index is 12.5. The zero-order valence-electron chi connectivity index (χ0n) is 16.5. The van der Waals surface area contributed by atoms with Crippen LogP contribution in [-0.4, -0.2) is 34.2 Å². The molecule has 0 saturated heterocycles. The average molecular weight is 444 g/mol. The van der Waals surface area contributed by atoms with Gasteiger partial charge >= 0.3 is 6.18 Å². The van der Waals surface area contributed by atoms with Crippen LogP contribution >= 0.6 is 0 Å². The molecule has 164 valence electrons. The molecular weight excluding hydrogens is 421 g/mol. The van der Waals surface area contributed by atoms with Crippen molar-refractivity contribution in [3.05, 3.63) is 59.2 Å². The van der Waals surface area contributed by atoms with Gasteiger partial charge in [0, 0.05) is 25.7 Å². The van der Waals surface area contributed by atoms with Crippen LogP contribution in [0.5, 0.6) is 5.75 Å². The van der Waals surface area contributed by atoms with Gasteiger partial charge in [-0.1, -0.05) is 24.3 Å². The molecule has 4 N–H and O–H groups in total. The average Bonchev–Trinajstić information content (AvgIpc) is 2.66. The molecule has 0 aromatic heterocycles. The minimum Gasteiger partial charge on any atom is -0.484 e. The Morgan fingerprint density at radius 2 is 1.73 bits per heavy atom. The maximum Gasteiger partial charge on any atom is 0.422 e. The van der Waals surface area contributed by atoms with E-state index < -0.39 is 22.8 Å². The summed E-state index contributed by atoms with van der Waals surface area (Å²) < 4.78 is 65.0.